The number of primary amides is 2. The van der Waals surface area contributed by atoms with E-state index >= 15 is 0 Å². The van der Waals surface area contributed by atoms with Crippen molar-refractivity contribution in [2.45, 2.75) is 56.5 Å². The fourth-order valence-electron chi connectivity index (χ4n) is 2.92. The van der Waals surface area contributed by atoms with E-state index in [1.165, 1.54) is 31.2 Å². The van der Waals surface area contributed by atoms with Crippen LogP contribution >= 0.6 is 0 Å². The summed E-state index contributed by atoms with van der Waals surface area (Å²) in [7, 11) is 0. The quantitative estimate of drug-likeness (QED) is 0.117. The first kappa shape index (κ1) is 29.8. The highest BCUT2D eigenvalue weighted by Crippen LogP contribution is 2.12. The number of aliphatic hydroxyl groups is 1. The minimum Gasteiger partial charge on any atom is -0.508 e. The summed E-state index contributed by atoms with van der Waals surface area (Å²) in [6, 6.07) is -0.584. The Bertz CT molecular complexity index is 983. The molecule has 1 rings (SSSR count). The van der Waals surface area contributed by atoms with E-state index in [9.17, 15) is 44.1 Å². The average Bonchev–Trinajstić information content (AvgIpc) is 2.77. The van der Waals surface area contributed by atoms with Crippen LogP contribution in [0.25, 0.3) is 0 Å². The molecule has 36 heavy (non-hydrogen) atoms. The highest BCUT2D eigenvalue weighted by molar-refractivity contribution is 5.96. The molecule has 0 radical (unpaired) electrons. The monoisotopic (exact) mass is 510 g/mol. The molecule has 1 aromatic rings. The number of carboxylic acid groups (broad SMARTS) is 1. The van der Waals surface area contributed by atoms with Gasteiger partial charge in [-0.1, -0.05) is 12.1 Å². The zero-order chi connectivity index (χ0) is 27.6. The van der Waals surface area contributed by atoms with Crippen molar-refractivity contribution in [1.82, 2.24) is 16.0 Å². The Morgan fingerprint density at radius 2 is 1.25 bits per heavy atom. The molecule has 0 saturated heterocycles. The summed E-state index contributed by atoms with van der Waals surface area (Å²) in [6.45, 7) is 1.26. The number of carbonyl (C=O) groups excluding carboxylic acids is 5. The van der Waals surface area contributed by atoms with Gasteiger partial charge in [-0.05, 0) is 24.6 Å². The third-order valence-corrected chi connectivity index (χ3v) is 4.89. The second-order valence-electron chi connectivity index (χ2n) is 8.00. The van der Waals surface area contributed by atoms with E-state index in [1.54, 1.807) is 0 Å². The molecule has 0 fully saturated rings. The lowest BCUT2D eigenvalue weighted by molar-refractivity contribution is -0.144. The molecule has 0 heterocycles. The molecule has 1 aromatic carbocycles. The summed E-state index contributed by atoms with van der Waals surface area (Å²) in [4.78, 5) is 71.9. The zero-order valence-corrected chi connectivity index (χ0v) is 19.3. The van der Waals surface area contributed by atoms with Crippen LogP contribution in [0.3, 0.4) is 0 Å². The number of nitrogens with one attached hydrogen (secondary N) is 3. The van der Waals surface area contributed by atoms with Crippen molar-refractivity contribution in [2.24, 2.45) is 17.2 Å². The predicted molar refractivity (Wildman–Crippen MR) is 123 cm³/mol. The molecule has 5 amide bonds. The van der Waals surface area contributed by atoms with Gasteiger partial charge in [-0.2, -0.15) is 0 Å². The number of rotatable bonds is 14. The summed E-state index contributed by atoms with van der Waals surface area (Å²) in [6.07, 6.45) is -2.91. The predicted octanol–water partition coefficient (Wildman–Crippen LogP) is -4.07. The maximum atomic E-state index is 13.0. The Labute approximate surface area is 205 Å². The van der Waals surface area contributed by atoms with Crippen LogP contribution in [0.5, 0.6) is 5.75 Å². The number of phenolic OH excluding ortho intramolecular Hbond substituents is 1. The Balaban J connectivity index is 3.16. The summed E-state index contributed by atoms with van der Waals surface area (Å²) in [5.41, 5.74) is 16.2. The molecule has 198 valence electrons. The number of aliphatic hydroxyl groups excluding tert-OH is 1. The standard InChI is InChI=1S/C21H30N6O9/c1-9(28)17(24)20(34)26-12(6-10-2-4-11(29)5-3-10)18(32)25-13(7-15(22)30)19(33)27-14(21(35)36)8-16(23)31/h2-5,9,12-14,17,28-29H,6-8,24H2,1H3,(H2,22,30)(H2,23,31)(H,25,32)(H,26,34)(H,27,33)(H,35,36). The first-order valence-electron chi connectivity index (χ1n) is 10.6. The third kappa shape index (κ3) is 9.94. The summed E-state index contributed by atoms with van der Waals surface area (Å²) in [5, 5.41) is 34.8. The van der Waals surface area contributed by atoms with Crippen LogP contribution in [-0.4, -0.2) is 81.1 Å². The number of aliphatic carboxylic acids is 1. The number of nitrogens with two attached hydrogens (primary N) is 3. The van der Waals surface area contributed by atoms with Crippen molar-refractivity contribution in [2.75, 3.05) is 0 Å². The second-order valence-corrected chi connectivity index (χ2v) is 8.00. The molecule has 15 heteroatoms. The van der Waals surface area contributed by atoms with Crippen LogP contribution in [-0.2, 0) is 35.2 Å². The molecule has 12 N–H and O–H groups in total. The first-order valence-corrected chi connectivity index (χ1v) is 10.6. The lowest BCUT2D eigenvalue weighted by Crippen LogP contribution is -2.59. The minimum absolute atomic E-state index is 0.0537. The van der Waals surface area contributed by atoms with Gasteiger partial charge in [0.25, 0.3) is 0 Å². The highest BCUT2D eigenvalue weighted by Gasteiger charge is 2.32. The molecule has 0 aliphatic rings. The van der Waals surface area contributed by atoms with Gasteiger partial charge >= 0.3 is 5.97 Å². The smallest absolute Gasteiger partial charge is 0.326 e. The fraction of sp³-hybridized carbons (Fsp3) is 0.429. The van der Waals surface area contributed by atoms with Crippen LogP contribution in [0.4, 0.5) is 0 Å². The first-order chi connectivity index (χ1) is 16.7. The van der Waals surface area contributed by atoms with Crippen molar-refractivity contribution in [3.05, 3.63) is 29.8 Å². The SMILES string of the molecule is CC(O)C(N)C(=O)NC(Cc1ccc(O)cc1)C(=O)NC(CC(N)=O)C(=O)NC(CC(N)=O)C(=O)O. The Kier molecular flexibility index (Phi) is 11.3. The van der Waals surface area contributed by atoms with E-state index < -0.39 is 78.6 Å². The highest BCUT2D eigenvalue weighted by atomic mass is 16.4. The number of carboxylic acids is 1. The number of amides is 5. The van der Waals surface area contributed by atoms with Gasteiger partial charge < -0.3 is 48.5 Å². The van der Waals surface area contributed by atoms with E-state index in [4.69, 9.17) is 17.2 Å². The molecule has 0 aromatic heterocycles. The van der Waals surface area contributed by atoms with Crippen molar-refractivity contribution < 1.29 is 44.1 Å². The largest absolute Gasteiger partial charge is 0.508 e. The van der Waals surface area contributed by atoms with E-state index in [0.717, 1.165) is 0 Å². The molecule has 5 atom stereocenters. The Hall–Kier alpha value is -4.24. The second kappa shape index (κ2) is 13.6. The number of phenols is 1. The Morgan fingerprint density at radius 1 is 0.806 bits per heavy atom. The van der Waals surface area contributed by atoms with Crippen molar-refractivity contribution in [3.8, 4) is 5.75 Å². The van der Waals surface area contributed by atoms with Crippen LogP contribution in [0, 0.1) is 0 Å². The molecule has 5 unspecified atom stereocenters. The number of carbonyl (C=O) groups is 6. The molecule has 0 aliphatic carbocycles. The summed E-state index contributed by atoms with van der Waals surface area (Å²) in [5.74, 6) is -6.70. The van der Waals surface area contributed by atoms with E-state index in [2.05, 4.69) is 10.6 Å². The number of hydrogen-bond donors (Lipinski definition) is 9. The zero-order valence-electron chi connectivity index (χ0n) is 19.3. The third-order valence-electron chi connectivity index (χ3n) is 4.89. The number of benzene rings is 1. The van der Waals surface area contributed by atoms with Gasteiger partial charge in [0.05, 0.1) is 18.9 Å². The number of aromatic hydroxyl groups is 1. The number of hydrogen-bond acceptors (Lipinski definition) is 9. The molecule has 0 bridgehead atoms. The maximum Gasteiger partial charge on any atom is 0.326 e. The van der Waals surface area contributed by atoms with Gasteiger partial charge in [-0.15, -0.1) is 0 Å². The molecule has 0 spiro atoms. The van der Waals surface area contributed by atoms with Crippen molar-refractivity contribution in [3.63, 3.8) is 0 Å². The molecular weight excluding hydrogens is 480 g/mol. The molecule has 0 saturated carbocycles. The van der Waals surface area contributed by atoms with Crippen LogP contribution in [0.15, 0.2) is 24.3 Å². The van der Waals surface area contributed by atoms with Gasteiger partial charge in [0.1, 0.15) is 29.9 Å². The van der Waals surface area contributed by atoms with Gasteiger partial charge in [-0.25, -0.2) is 4.79 Å². The van der Waals surface area contributed by atoms with Gasteiger partial charge in [0, 0.05) is 6.42 Å². The van der Waals surface area contributed by atoms with Gasteiger partial charge in [0.15, 0.2) is 0 Å². The maximum absolute atomic E-state index is 13.0. The fourth-order valence-corrected chi connectivity index (χ4v) is 2.92. The lowest BCUT2D eigenvalue weighted by atomic mass is 10.0. The molecule has 15 nitrogen and oxygen atoms in total. The minimum atomic E-state index is -1.74. The topological polar surface area (TPSA) is 277 Å². The van der Waals surface area contributed by atoms with Gasteiger partial charge in [0.2, 0.25) is 29.5 Å². The van der Waals surface area contributed by atoms with Gasteiger partial charge in [-0.3, -0.25) is 24.0 Å². The normalized spacial score (nSPS) is 14.9. The van der Waals surface area contributed by atoms with E-state index in [-0.39, 0.29) is 12.2 Å². The molecular formula is C21H30N6O9. The van der Waals surface area contributed by atoms with Crippen LogP contribution < -0.4 is 33.2 Å². The Morgan fingerprint density at radius 3 is 1.72 bits per heavy atom. The van der Waals surface area contributed by atoms with E-state index in [1.807, 2.05) is 5.32 Å². The van der Waals surface area contributed by atoms with E-state index in [0.29, 0.717) is 5.56 Å². The average molecular weight is 511 g/mol. The van der Waals surface area contributed by atoms with Crippen molar-refractivity contribution in [1.29, 1.82) is 0 Å². The van der Waals surface area contributed by atoms with Crippen LogP contribution in [0.2, 0.25) is 0 Å². The lowest BCUT2D eigenvalue weighted by Gasteiger charge is -2.25. The van der Waals surface area contributed by atoms with Crippen LogP contribution in [0.1, 0.15) is 25.3 Å². The van der Waals surface area contributed by atoms with Crippen molar-refractivity contribution >= 4 is 35.5 Å². The molecule has 0 aliphatic heterocycles. The summed E-state index contributed by atoms with van der Waals surface area (Å²) >= 11 is 0. The summed E-state index contributed by atoms with van der Waals surface area (Å²) < 4.78 is 0.